The second-order valence-electron chi connectivity index (χ2n) is 8.75. The molecule has 35 heavy (non-hydrogen) atoms. The van der Waals surface area contributed by atoms with Crippen molar-refractivity contribution in [2.75, 3.05) is 37.7 Å². The van der Waals surface area contributed by atoms with Crippen LogP contribution in [0.15, 0.2) is 48.8 Å². The fourth-order valence-corrected chi connectivity index (χ4v) is 5.59. The lowest BCUT2D eigenvalue weighted by Gasteiger charge is -2.38. The van der Waals surface area contributed by atoms with Crippen LogP contribution in [-0.2, 0) is 4.79 Å². The highest BCUT2D eigenvalue weighted by atomic mass is 32.1. The fraction of sp³-hybridized carbons (Fsp3) is 0.308. The molecule has 0 bridgehead atoms. The van der Waals surface area contributed by atoms with E-state index < -0.39 is 6.10 Å². The number of ether oxygens (including phenoxy) is 2. The molecule has 8 nitrogen and oxygen atoms in total. The van der Waals surface area contributed by atoms with Crippen LogP contribution in [-0.4, -0.2) is 64.6 Å². The van der Waals surface area contributed by atoms with Gasteiger partial charge in [-0.15, -0.1) is 11.3 Å². The summed E-state index contributed by atoms with van der Waals surface area (Å²) < 4.78 is 11.7. The van der Waals surface area contributed by atoms with Crippen LogP contribution in [0.5, 0.6) is 11.5 Å². The number of hydrogen-bond acceptors (Lipinski definition) is 8. The van der Waals surface area contributed by atoms with Crippen molar-refractivity contribution in [2.24, 2.45) is 0 Å². The summed E-state index contributed by atoms with van der Waals surface area (Å²) in [5.41, 5.74) is 2.10. The van der Waals surface area contributed by atoms with Gasteiger partial charge in [0.25, 0.3) is 5.91 Å². The molecular weight excluding hydrogens is 462 g/mol. The molecule has 1 amide bonds. The maximum Gasteiger partial charge on any atom is 0.267 e. The van der Waals surface area contributed by atoms with Crippen LogP contribution in [0.3, 0.4) is 0 Å². The number of para-hydroxylation sites is 2. The Balaban J connectivity index is 1.23. The van der Waals surface area contributed by atoms with Gasteiger partial charge in [-0.25, -0.2) is 9.97 Å². The van der Waals surface area contributed by atoms with Crippen molar-refractivity contribution >= 4 is 33.3 Å². The van der Waals surface area contributed by atoms with Crippen LogP contribution >= 0.6 is 11.3 Å². The summed E-state index contributed by atoms with van der Waals surface area (Å²) >= 11 is 1.69. The smallest absolute Gasteiger partial charge is 0.267 e. The molecule has 0 N–H and O–H groups in total. The number of anilines is 1. The number of aromatic nitrogens is 3. The van der Waals surface area contributed by atoms with Gasteiger partial charge < -0.3 is 19.3 Å². The highest BCUT2D eigenvalue weighted by Crippen LogP contribution is 2.37. The Morgan fingerprint density at radius 3 is 2.60 bits per heavy atom. The number of fused-ring (bicyclic) bond motifs is 2. The van der Waals surface area contributed by atoms with Gasteiger partial charge in [-0.2, -0.15) is 0 Å². The quantitative estimate of drug-likeness (QED) is 0.434. The summed E-state index contributed by atoms with van der Waals surface area (Å²) in [7, 11) is 0. The molecule has 3 aromatic heterocycles. The maximum absolute atomic E-state index is 13.2. The number of benzene rings is 1. The van der Waals surface area contributed by atoms with Crippen molar-refractivity contribution < 1.29 is 14.3 Å². The van der Waals surface area contributed by atoms with Gasteiger partial charge in [0, 0.05) is 49.0 Å². The average Bonchev–Trinajstić information content (AvgIpc) is 3.21. The average molecular weight is 488 g/mol. The Morgan fingerprint density at radius 2 is 1.83 bits per heavy atom. The summed E-state index contributed by atoms with van der Waals surface area (Å²) in [5.74, 6) is 2.86. The van der Waals surface area contributed by atoms with E-state index in [0.717, 1.165) is 21.6 Å². The van der Waals surface area contributed by atoms with Crippen molar-refractivity contribution in [3.63, 3.8) is 0 Å². The van der Waals surface area contributed by atoms with Crippen molar-refractivity contribution in [1.29, 1.82) is 0 Å². The lowest BCUT2D eigenvalue weighted by Crippen LogP contribution is -2.54. The third kappa shape index (κ3) is 3.95. The molecule has 0 radical (unpaired) electrons. The highest BCUT2D eigenvalue weighted by Gasteiger charge is 2.33. The number of rotatable bonds is 3. The van der Waals surface area contributed by atoms with E-state index in [1.54, 1.807) is 23.7 Å². The molecular formula is C26H25N5O3S. The van der Waals surface area contributed by atoms with Gasteiger partial charge in [0.2, 0.25) is 6.10 Å². The van der Waals surface area contributed by atoms with E-state index in [1.165, 1.54) is 10.4 Å². The van der Waals surface area contributed by atoms with Crippen LogP contribution in [0.25, 0.3) is 21.6 Å². The first kappa shape index (κ1) is 21.8. The molecule has 2 aliphatic rings. The lowest BCUT2D eigenvalue weighted by molar-refractivity contribution is -0.141. The zero-order valence-electron chi connectivity index (χ0n) is 19.6. The minimum absolute atomic E-state index is 0.0365. The van der Waals surface area contributed by atoms with Crippen LogP contribution in [0.1, 0.15) is 10.4 Å². The minimum atomic E-state index is -0.624. The van der Waals surface area contributed by atoms with Gasteiger partial charge in [0.05, 0.1) is 5.39 Å². The van der Waals surface area contributed by atoms with E-state index >= 15 is 0 Å². The summed E-state index contributed by atoms with van der Waals surface area (Å²) in [6.45, 7) is 7.03. The molecule has 1 aromatic carbocycles. The Labute approximate surface area is 207 Å². The van der Waals surface area contributed by atoms with Gasteiger partial charge in [0.1, 0.15) is 17.3 Å². The van der Waals surface area contributed by atoms with E-state index in [1.807, 2.05) is 41.3 Å². The predicted molar refractivity (Wildman–Crippen MR) is 135 cm³/mol. The molecule has 0 saturated carbocycles. The molecule has 1 atom stereocenters. The number of nitrogens with zero attached hydrogens (tertiary/aromatic N) is 5. The molecule has 0 unspecified atom stereocenters. The first-order valence-corrected chi connectivity index (χ1v) is 12.5. The number of pyridine rings is 1. The van der Waals surface area contributed by atoms with Gasteiger partial charge in [-0.05, 0) is 43.7 Å². The number of piperazine rings is 1. The molecule has 5 heterocycles. The second kappa shape index (κ2) is 8.81. The summed E-state index contributed by atoms with van der Waals surface area (Å²) in [6.07, 6.45) is 2.92. The molecule has 9 heteroatoms. The third-order valence-electron chi connectivity index (χ3n) is 6.60. The van der Waals surface area contributed by atoms with Gasteiger partial charge in [0.15, 0.2) is 17.3 Å². The SMILES string of the molecule is Cc1sc2nc(-c3cccnc3)nc(N3CCN(C(=O)[C@H]4COc5ccccc5O4)CC3)c2c1C. The first-order chi connectivity index (χ1) is 17.1. The van der Waals surface area contributed by atoms with Crippen molar-refractivity contribution in [3.05, 3.63) is 59.2 Å². The van der Waals surface area contributed by atoms with E-state index in [2.05, 4.69) is 23.7 Å². The Hall–Kier alpha value is -3.72. The fourth-order valence-electron chi connectivity index (χ4n) is 4.56. The van der Waals surface area contributed by atoms with Gasteiger partial charge >= 0.3 is 0 Å². The maximum atomic E-state index is 13.2. The lowest BCUT2D eigenvalue weighted by atomic mass is 10.1. The number of aryl methyl sites for hydroxylation is 2. The molecule has 0 spiro atoms. The number of amides is 1. The number of carbonyl (C=O) groups excluding carboxylic acids is 1. The molecule has 1 fully saturated rings. The summed E-state index contributed by atoms with van der Waals surface area (Å²) in [4.78, 5) is 33.6. The second-order valence-corrected chi connectivity index (χ2v) is 9.96. The molecule has 178 valence electrons. The zero-order chi connectivity index (χ0) is 23.9. The minimum Gasteiger partial charge on any atom is -0.485 e. The topological polar surface area (TPSA) is 80.7 Å². The van der Waals surface area contributed by atoms with Crippen molar-refractivity contribution in [1.82, 2.24) is 19.9 Å². The Kier molecular flexibility index (Phi) is 5.49. The zero-order valence-corrected chi connectivity index (χ0v) is 20.4. The summed E-state index contributed by atoms with van der Waals surface area (Å²) in [6, 6.07) is 11.3. The van der Waals surface area contributed by atoms with Crippen LogP contribution in [0, 0.1) is 13.8 Å². The monoisotopic (exact) mass is 487 g/mol. The van der Waals surface area contributed by atoms with Crippen molar-refractivity contribution in [3.8, 4) is 22.9 Å². The predicted octanol–water partition coefficient (Wildman–Crippen LogP) is 3.86. The molecule has 6 rings (SSSR count). The Morgan fingerprint density at radius 1 is 1.03 bits per heavy atom. The highest BCUT2D eigenvalue weighted by molar-refractivity contribution is 7.18. The van der Waals surface area contributed by atoms with E-state index in [9.17, 15) is 4.79 Å². The Bertz CT molecular complexity index is 1400. The molecule has 2 aliphatic heterocycles. The normalized spacial score (nSPS) is 17.6. The number of carbonyl (C=O) groups is 1. The van der Waals surface area contributed by atoms with Gasteiger partial charge in [-0.1, -0.05) is 12.1 Å². The summed E-state index contributed by atoms with van der Waals surface area (Å²) in [5, 5.41) is 1.10. The number of hydrogen-bond donors (Lipinski definition) is 0. The molecule has 0 aliphatic carbocycles. The van der Waals surface area contributed by atoms with Crippen LogP contribution < -0.4 is 14.4 Å². The number of thiophene rings is 1. The molecule has 4 aromatic rings. The van der Waals surface area contributed by atoms with E-state index in [0.29, 0.717) is 43.5 Å². The third-order valence-corrected chi connectivity index (χ3v) is 7.71. The van der Waals surface area contributed by atoms with Crippen LogP contribution in [0.2, 0.25) is 0 Å². The van der Waals surface area contributed by atoms with E-state index in [-0.39, 0.29) is 12.5 Å². The molecule has 1 saturated heterocycles. The largest absolute Gasteiger partial charge is 0.485 e. The van der Waals surface area contributed by atoms with E-state index in [4.69, 9.17) is 19.4 Å². The first-order valence-electron chi connectivity index (χ1n) is 11.7. The van der Waals surface area contributed by atoms with Crippen molar-refractivity contribution in [2.45, 2.75) is 20.0 Å². The van der Waals surface area contributed by atoms with Crippen LogP contribution in [0.4, 0.5) is 5.82 Å². The standard InChI is InChI=1S/C26H25N5O3S/c1-16-17(2)35-25-22(16)24(28-23(29-25)18-6-5-9-27-14-18)30-10-12-31(13-11-30)26(32)21-15-33-19-7-3-4-8-20(19)34-21/h3-9,14,21H,10-13,15H2,1-2H3/t21-/m1/s1. The van der Waals surface area contributed by atoms with Gasteiger partial charge in [-0.3, -0.25) is 9.78 Å².